The number of benzene rings is 1. The van der Waals surface area contributed by atoms with Crippen LogP contribution in [-0.4, -0.2) is 29.7 Å². The topological polar surface area (TPSA) is 29.3 Å². The predicted molar refractivity (Wildman–Crippen MR) is 75.9 cm³/mol. The number of hydrogen-bond donors (Lipinski definition) is 0. The standard InChI is InChI=1S/C16H20N2O/c1-2-7-14(8-3-1)16-13-15(19-17-16)9-6-12-18-10-4-5-11-18/h1-3,7-8,13H,4-6,9-12H2. The van der Waals surface area contributed by atoms with Crippen molar-refractivity contribution in [1.29, 1.82) is 0 Å². The van der Waals surface area contributed by atoms with Gasteiger partial charge in [0.2, 0.25) is 0 Å². The minimum Gasteiger partial charge on any atom is -0.361 e. The number of hydrogen-bond acceptors (Lipinski definition) is 3. The first-order valence-corrected chi connectivity index (χ1v) is 7.15. The Morgan fingerprint density at radius 3 is 2.68 bits per heavy atom. The number of aryl methyl sites for hydroxylation is 1. The fraction of sp³-hybridized carbons (Fsp3) is 0.438. The van der Waals surface area contributed by atoms with E-state index in [4.69, 9.17) is 4.52 Å². The van der Waals surface area contributed by atoms with Gasteiger partial charge in [0.15, 0.2) is 0 Å². The van der Waals surface area contributed by atoms with Crippen LogP contribution in [0.2, 0.25) is 0 Å². The van der Waals surface area contributed by atoms with Gasteiger partial charge in [0, 0.05) is 18.1 Å². The molecule has 1 saturated heterocycles. The van der Waals surface area contributed by atoms with Gasteiger partial charge in [-0.05, 0) is 38.9 Å². The molecule has 0 aliphatic carbocycles. The van der Waals surface area contributed by atoms with E-state index in [0.717, 1.165) is 29.9 Å². The fourth-order valence-corrected chi connectivity index (χ4v) is 2.66. The number of nitrogens with zero attached hydrogens (tertiary/aromatic N) is 2. The SMILES string of the molecule is c1ccc(-c2cc(CCCN3CCCC3)on2)cc1. The molecule has 0 spiro atoms. The largest absolute Gasteiger partial charge is 0.361 e. The van der Waals surface area contributed by atoms with Crippen LogP contribution in [0.3, 0.4) is 0 Å². The van der Waals surface area contributed by atoms with Crippen molar-refractivity contribution in [1.82, 2.24) is 10.1 Å². The smallest absolute Gasteiger partial charge is 0.137 e. The molecule has 0 unspecified atom stereocenters. The lowest BCUT2D eigenvalue weighted by Gasteiger charge is -2.12. The summed E-state index contributed by atoms with van der Waals surface area (Å²) in [6.45, 7) is 3.72. The Labute approximate surface area is 114 Å². The molecule has 1 aliphatic heterocycles. The van der Waals surface area contributed by atoms with Crippen molar-refractivity contribution in [3.05, 3.63) is 42.2 Å². The normalized spacial score (nSPS) is 16.0. The van der Waals surface area contributed by atoms with E-state index in [9.17, 15) is 0 Å². The predicted octanol–water partition coefficient (Wildman–Crippen LogP) is 3.37. The Kier molecular flexibility index (Phi) is 3.94. The molecular formula is C16H20N2O. The van der Waals surface area contributed by atoms with Gasteiger partial charge in [-0.15, -0.1) is 0 Å². The molecule has 0 bridgehead atoms. The van der Waals surface area contributed by atoms with Crippen molar-refractivity contribution in [2.45, 2.75) is 25.7 Å². The highest BCUT2D eigenvalue weighted by Gasteiger charge is 2.11. The quantitative estimate of drug-likeness (QED) is 0.821. The summed E-state index contributed by atoms with van der Waals surface area (Å²) in [4.78, 5) is 2.54. The molecule has 3 heteroatoms. The molecule has 0 radical (unpaired) electrons. The van der Waals surface area contributed by atoms with E-state index < -0.39 is 0 Å². The number of rotatable bonds is 5. The van der Waals surface area contributed by atoms with Gasteiger partial charge in [-0.2, -0.15) is 0 Å². The van der Waals surface area contributed by atoms with Crippen LogP contribution in [0, 0.1) is 0 Å². The Bertz CT molecular complexity index is 500. The summed E-state index contributed by atoms with van der Waals surface area (Å²) in [5, 5.41) is 4.15. The van der Waals surface area contributed by atoms with Crippen LogP contribution >= 0.6 is 0 Å². The lowest BCUT2D eigenvalue weighted by atomic mass is 10.1. The van der Waals surface area contributed by atoms with E-state index in [1.54, 1.807) is 0 Å². The summed E-state index contributed by atoms with van der Waals surface area (Å²) in [7, 11) is 0. The van der Waals surface area contributed by atoms with Gasteiger partial charge in [-0.3, -0.25) is 0 Å². The second-order valence-electron chi connectivity index (χ2n) is 5.20. The zero-order valence-corrected chi connectivity index (χ0v) is 11.2. The van der Waals surface area contributed by atoms with Crippen molar-refractivity contribution >= 4 is 0 Å². The van der Waals surface area contributed by atoms with E-state index in [0.29, 0.717) is 0 Å². The van der Waals surface area contributed by atoms with Gasteiger partial charge < -0.3 is 9.42 Å². The summed E-state index contributed by atoms with van der Waals surface area (Å²) in [6.07, 6.45) is 4.86. The van der Waals surface area contributed by atoms with E-state index in [1.165, 1.54) is 32.5 Å². The molecule has 1 aromatic heterocycles. The molecule has 19 heavy (non-hydrogen) atoms. The first-order chi connectivity index (χ1) is 9.42. The summed E-state index contributed by atoms with van der Waals surface area (Å²) in [5.74, 6) is 0.998. The van der Waals surface area contributed by atoms with Crippen LogP contribution in [0.15, 0.2) is 40.9 Å². The molecule has 1 aliphatic rings. The van der Waals surface area contributed by atoms with Gasteiger partial charge in [0.1, 0.15) is 11.5 Å². The van der Waals surface area contributed by atoms with Crippen molar-refractivity contribution in [2.24, 2.45) is 0 Å². The minimum absolute atomic E-state index is 0.941. The van der Waals surface area contributed by atoms with E-state index in [1.807, 2.05) is 18.2 Å². The summed E-state index contributed by atoms with van der Waals surface area (Å²) < 4.78 is 5.42. The summed E-state index contributed by atoms with van der Waals surface area (Å²) >= 11 is 0. The molecule has 0 N–H and O–H groups in total. The summed E-state index contributed by atoms with van der Waals surface area (Å²) in [5.41, 5.74) is 2.06. The van der Waals surface area contributed by atoms with Gasteiger partial charge in [-0.25, -0.2) is 0 Å². The van der Waals surface area contributed by atoms with Crippen LogP contribution < -0.4 is 0 Å². The molecule has 2 heterocycles. The second kappa shape index (κ2) is 6.02. The lowest BCUT2D eigenvalue weighted by Crippen LogP contribution is -2.20. The van der Waals surface area contributed by atoms with Crippen molar-refractivity contribution in [3.8, 4) is 11.3 Å². The molecule has 3 rings (SSSR count). The van der Waals surface area contributed by atoms with Crippen molar-refractivity contribution in [3.63, 3.8) is 0 Å². The van der Waals surface area contributed by atoms with Crippen LogP contribution in [0.1, 0.15) is 25.0 Å². The Morgan fingerprint density at radius 2 is 1.89 bits per heavy atom. The highest BCUT2D eigenvalue weighted by Crippen LogP contribution is 2.19. The highest BCUT2D eigenvalue weighted by molar-refractivity contribution is 5.58. The second-order valence-corrected chi connectivity index (χ2v) is 5.20. The van der Waals surface area contributed by atoms with Crippen LogP contribution in [-0.2, 0) is 6.42 Å². The lowest BCUT2D eigenvalue weighted by molar-refractivity contribution is 0.321. The van der Waals surface area contributed by atoms with Gasteiger partial charge in [-0.1, -0.05) is 35.5 Å². The molecule has 100 valence electrons. The third-order valence-corrected chi connectivity index (χ3v) is 3.72. The Balaban J connectivity index is 1.53. The monoisotopic (exact) mass is 256 g/mol. The van der Waals surface area contributed by atoms with Crippen molar-refractivity contribution < 1.29 is 4.52 Å². The van der Waals surface area contributed by atoms with Crippen molar-refractivity contribution in [2.75, 3.05) is 19.6 Å². The first kappa shape index (κ1) is 12.4. The number of likely N-dealkylation sites (tertiary alicyclic amines) is 1. The van der Waals surface area contributed by atoms with Crippen LogP contribution in [0.25, 0.3) is 11.3 Å². The maximum atomic E-state index is 5.42. The first-order valence-electron chi connectivity index (χ1n) is 7.15. The zero-order valence-electron chi connectivity index (χ0n) is 11.2. The molecule has 2 aromatic rings. The average Bonchev–Trinajstić information content (AvgIpc) is 3.11. The van der Waals surface area contributed by atoms with Gasteiger partial charge in [0.25, 0.3) is 0 Å². The van der Waals surface area contributed by atoms with Crippen LogP contribution in [0.5, 0.6) is 0 Å². The maximum Gasteiger partial charge on any atom is 0.137 e. The van der Waals surface area contributed by atoms with E-state index in [-0.39, 0.29) is 0 Å². The number of aromatic nitrogens is 1. The highest BCUT2D eigenvalue weighted by atomic mass is 16.5. The molecule has 3 nitrogen and oxygen atoms in total. The van der Waals surface area contributed by atoms with E-state index in [2.05, 4.69) is 28.3 Å². The molecule has 0 atom stereocenters. The third-order valence-electron chi connectivity index (χ3n) is 3.72. The van der Waals surface area contributed by atoms with Gasteiger partial charge in [0.05, 0.1) is 0 Å². The molecule has 0 amide bonds. The Hall–Kier alpha value is -1.61. The summed E-state index contributed by atoms with van der Waals surface area (Å²) in [6, 6.07) is 12.3. The molecular weight excluding hydrogens is 236 g/mol. The fourth-order valence-electron chi connectivity index (χ4n) is 2.66. The van der Waals surface area contributed by atoms with E-state index >= 15 is 0 Å². The van der Waals surface area contributed by atoms with Gasteiger partial charge >= 0.3 is 0 Å². The minimum atomic E-state index is 0.941. The molecule has 1 fully saturated rings. The zero-order chi connectivity index (χ0) is 12.9. The third kappa shape index (κ3) is 3.24. The van der Waals surface area contributed by atoms with Crippen LogP contribution in [0.4, 0.5) is 0 Å². The average molecular weight is 256 g/mol. The maximum absolute atomic E-state index is 5.42. The Morgan fingerprint density at radius 1 is 1.11 bits per heavy atom. The molecule has 1 aromatic carbocycles. The molecule has 0 saturated carbocycles.